The monoisotopic (exact) mass is 908 g/mol. The smallest absolute Gasteiger partial charge is 0.472 e. The Labute approximate surface area is 376 Å². The predicted molar refractivity (Wildman–Crippen MR) is 245 cm³/mol. The standard InChI is InChI=1S/C48H78NO13P/c1-3-5-7-8-9-10-11-12-13-14-15-16-17-18-19-20-21-22-28-32-47(54)62-40(37-60-63(57,58)61-38-43(49)48(55)56)36-59-46(53)31-27-24-23-26-30-41-42(45(52)35-44(41)51)34-33-39(50)29-25-6-4-2/h9-10,12-13,15-16,18-19,21-22,33-34,39-44,50-51H,3-8,11,14,17,20,23-32,35-38,49H2,1-2H3,(H,55,56)(H,57,58)/b10-9-,13-12-,16-15-,19-18-,22-21-,34-33+/t39-,40+,41+,42+,43-,44-/m0/s1. The second kappa shape index (κ2) is 36.8. The molecule has 63 heavy (non-hydrogen) atoms. The minimum atomic E-state index is -4.80. The highest BCUT2D eigenvalue weighted by Gasteiger charge is 2.39. The van der Waals surface area contributed by atoms with E-state index in [9.17, 15) is 38.8 Å². The van der Waals surface area contributed by atoms with Crippen LogP contribution in [0.4, 0.5) is 0 Å². The maximum absolute atomic E-state index is 12.7. The number of aliphatic hydroxyl groups is 2. The Bertz CT molecular complexity index is 1510. The van der Waals surface area contributed by atoms with E-state index in [4.69, 9.17) is 24.8 Å². The SMILES string of the molecule is CCCCC/C=C\C/C=C\C/C=C\C/C=C\C/C=C\CCC(=O)O[C@H](COC(=O)CCCCCC[C@H]1[C@@H](O)CC(=O)[C@@H]1/C=C/[C@@H](O)CCCCC)COP(=O)(O)OC[C@H](N)C(=O)O. The van der Waals surface area contributed by atoms with Crippen LogP contribution in [0, 0.1) is 11.8 Å². The third-order valence-corrected chi connectivity index (χ3v) is 11.3. The fourth-order valence-corrected chi connectivity index (χ4v) is 7.43. The van der Waals surface area contributed by atoms with Crippen molar-refractivity contribution < 1.29 is 62.5 Å². The van der Waals surface area contributed by atoms with Crippen molar-refractivity contribution in [3.8, 4) is 0 Å². The number of esters is 2. The van der Waals surface area contributed by atoms with Gasteiger partial charge in [0.05, 0.1) is 25.4 Å². The summed E-state index contributed by atoms with van der Waals surface area (Å²) in [5.74, 6) is -3.34. The number of unbranched alkanes of at least 4 members (excludes halogenated alkanes) is 8. The fourth-order valence-electron chi connectivity index (χ4n) is 6.66. The molecule has 0 aromatic heterocycles. The summed E-state index contributed by atoms with van der Waals surface area (Å²) in [5.41, 5.74) is 5.33. The van der Waals surface area contributed by atoms with Crippen molar-refractivity contribution in [2.24, 2.45) is 17.6 Å². The summed E-state index contributed by atoms with van der Waals surface area (Å²) >= 11 is 0. The Balaban J connectivity index is 2.51. The molecule has 1 aliphatic rings. The second-order valence-corrected chi connectivity index (χ2v) is 17.4. The molecule has 1 rings (SSSR count). The van der Waals surface area contributed by atoms with Crippen molar-refractivity contribution in [1.82, 2.24) is 0 Å². The molecule has 0 bridgehead atoms. The normalized spacial score (nSPS) is 19.6. The first-order chi connectivity index (χ1) is 30.3. The van der Waals surface area contributed by atoms with Crippen molar-refractivity contribution >= 4 is 31.5 Å². The largest absolute Gasteiger partial charge is 0.480 e. The van der Waals surface area contributed by atoms with E-state index < -0.39 is 75.8 Å². The number of carbonyl (C=O) groups is 4. The Morgan fingerprint density at radius 1 is 0.746 bits per heavy atom. The number of hydrogen-bond acceptors (Lipinski definition) is 12. The molecule has 0 heterocycles. The van der Waals surface area contributed by atoms with E-state index in [1.807, 2.05) is 18.2 Å². The number of carboxylic acid groups (broad SMARTS) is 1. The van der Waals surface area contributed by atoms with Gasteiger partial charge in [-0.05, 0) is 70.1 Å². The van der Waals surface area contributed by atoms with Gasteiger partial charge in [-0.2, -0.15) is 0 Å². The van der Waals surface area contributed by atoms with Crippen molar-refractivity contribution in [2.45, 2.75) is 173 Å². The molecule has 1 fully saturated rings. The number of allylic oxidation sites excluding steroid dienone is 11. The summed E-state index contributed by atoms with van der Waals surface area (Å²) in [6, 6.07) is -1.57. The summed E-state index contributed by atoms with van der Waals surface area (Å²) in [4.78, 5) is 58.7. The molecule has 15 heteroatoms. The first-order valence-electron chi connectivity index (χ1n) is 23.1. The number of nitrogens with two attached hydrogens (primary N) is 1. The summed E-state index contributed by atoms with van der Waals surface area (Å²) in [5, 5.41) is 29.7. The van der Waals surface area contributed by atoms with Crippen LogP contribution < -0.4 is 5.73 Å². The predicted octanol–water partition coefficient (Wildman–Crippen LogP) is 9.09. The Morgan fingerprint density at radius 3 is 1.94 bits per heavy atom. The lowest BCUT2D eigenvalue weighted by molar-refractivity contribution is -0.161. The molecular weight excluding hydrogens is 829 g/mol. The van der Waals surface area contributed by atoms with E-state index in [2.05, 4.69) is 60.9 Å². The second-order valence-electron chi connectivity index (χ2n) is 16.0. The van der Waals surface area contributed by atoms with Crippen LogP contribution in [-0.4, -0.2) is 88.1 Å². The van der Waals surface area contributed by atoms with Crippen LogP contribution in [0.5, 0.6) is 0 Å². The number of Topliss-reactive ketones (excluding diaryl/α,β-unsaturated/α-hetero) is 1. The van der Waals surface area contributed by atoms with E-state index in [0.717, 1.165) is 57.8 Å². The Kier molecular flexibility index (Phi) is 33.6. The molecule has 358 valence electrons. The number of aliphatic hydroxyl groups excluding tert-OH is 2. The number of ketones is 1. The van der Waals surface area contributed by atoms with Gasteiger partial charge in [-0.25, -0.2) is 4.57 Å². The number of phosphoric ester groups is 1. The third-order valence-electron chi connectivity index (χ3n) is 10.3. The van der Waals surface area contributed by atoms with Gasteiger partial charge < -0.3 is 35.4 Å². The number of carbonyl (C=O) groups excluding carboxylic acids is 3. The summed E-state index contributed by atoms with van der Waals surface area (Å²) in [6.07, 6.45) is 37.5. The molecular formula is C48H78NO13P. The molecule has 0 aliphatic heterocycles. The molecule has 0 aromatic carbocycles. The fraction of sp³-hybridized carbons (Fsp3) is 0.667. The minimum absolute atomic E-state index is 0.0135. The third kappa shape index (κ3) is 31.1. The highest BCUT2D eigenvalue weighted by Crippen LogP contribution is 2.43. The summed E-state index contributed by atoms with van der Waals surface area (Å²) < 4.78 is 32.6. The van der Waals surface area contributed by atoms with E-state index in [-0.39, 0.29) is 31.0 Å². The molecule has 0 aromatic rings. The van der Waals surface area contributed by atoms with Gasteiger partial charge in [-0.1, -0.05) is 138 Å². The molecule has 1 unspecified atom stereocenters. The molecule has 14 nitrogen and oxygen atoms in total. The van der Waals surface area contributed by atoms with Crippen LogP contribution in [0.3, 0.4) is 0 Å². The zero-order valence-corrected chi connectivity index (χ0v) is 38.7. The highest BCUT2D eigenvalue weighted by molar-refractivity contribution is 7.47. The quantitative estimate of drug-likeness (QED) is 0.0168. The lowest BCUT2D eigenvalue weighted by Crippen LogP contribution is -2.34. The Hall–Kier alpha value is -3.49. The van der Waals surface area contributed by atoms with Crippen LogP contribution in [0.2, 0.25) is 0 Å². The molecule has 1 aliphatic carbocycles. The zero-order valence-electron chi connectivity index (χ0n) is 37.9. The zero-order chi connectivity index (χ0) is 46.6. The first-order valence-corrected chi connectivity index (χ1v) is 24.6. The van der Waals surface area contributed by atoms with Gasteiger partial charge in [-0.15, -0.1) is 0 Å². The van der Waals surface area contributed by atoms with Crippen molar-refractivity contribution in [1.29, 1.82) is 0 Å². The molecule has 0 radical (unpaired) electrons. The van der Waals surface area contributed by atoms with Gasteiger partial charge in [0.25, 0.3) is 0 Å². The van der Waals surface area contributed by atoms with Crippen LogP contribution in [0.15, 0.2) is 72.9 Å². The lowest BCUT2D eigenvalue weighted by Gasteiger charge is -2.20. The first kappa shape index (κ1) is 57.5. The van der Waals surface area contributed by atoms with Crippen LogP contribution in [0.1, 0.15) is 149 Å². The van der Waals surface area contributed by atoms with Crippen LogP contribution >= 0.6 is 7.82 Å². The molecule has 0 saturated heterocycles. The molecule has 0 spiro atoms. The van der Waals surface area contributed by atoms with Crippen molar-refractivity contribution in [3.05, 3.63) is 72.9 Å². The molecule has 6 N–H and O–H groups in total. The summed E-state index contributed by atoms with van der Waals surface area (Å²) in [6.45, 7) is 2.35. The van der Waals surface area contributed by atoms with Gasteiger partial charge in [0.2, 0.25) is 0 Å². The number of ether oxygens (including phenoxy) is 2. The van der Waals surface area contributed by atoms with E-state index >= 15 is 0 Å². The number of carboxylic acids is 1. The maximum Gasteiger partial charge on any atom is 0.472 e. The Morgan fingerprint density at radius 2 is 1.32 bits per heavy atom. The van der Waals surface area contributed by atoms with Gasteiger partial charge in [0, 0.05) is 25.2 Å². The van der Waals surface area contributed by atoms with Crippen molar-refractivity contribution in [2.75, 3.05) is 19.8 Å². The molecule has 1 saturated carbocycles. The van der Waals surface area contributed by atoms with Crippen LogP contribution in [-0.2, 0) is 42.3 Å². The van der Waals surface area contributed by atoms with E-state index in [1.54, 1.807) is 12.2 Å². The van der Waals surface area contributed by atoms with Gasteiger partial charge in [0.15, 0.2) is 6.10 Å². The number of phosphoric acid groups is 1. The molecule has 0 amide bonds. The maximum atomic E-state index is 12.7. The van der Waals surface area contributed by atoms with E-state index in [1.165, 1.54) is 19.3 Å². The van der Waals surface area contributed by atoms with E-state index in [0.29, 0.717) is 38.5 Å². The van der Waals surface area contributed by atoms with Crippen molar-refractivity contribution in [3.63, 3.8) is 0 Å². The van der Waals surface area contributed by atoms with Crippen LogP contribution in [0.25, 0.3) is 0 Å². The van der Waals surface area contributed by atoms with Gasteiger partial charge in [0.1, 0.15) is 18.4 Å². The molecule has 7 atom stereocenters. The van der Waals surface area contributed by atoms with Gasteiger partial charge >= 0.3 is 25.7 Å². The number of hydrogen-bond donors (Lipinski definition) is 5. The average Bonchev–Trinajstić information content (AvgIpc) is 3.52. The lowest BCUT2D eigenvalue weighted by atomic mass is 9.88. The topological polar surface area (TPSA) is 229 Å². The van der Waals surface area contributed by atoms with Gasteiger partial charge in [-0.3, -0.25) is 28.2 Å². The number of rotatable bonds is 38. The average molecular weight is 908 g/mol. The highest BCUT2D eigenvalue weighted by atomic mass is 31.2. The summed E-state index contributed by atoms with van der Waals surface area (Å²) in [7, 11) is -4.80. The number of aliphatic carboxylic acids is 1. The minimum Gasteiger partial charge on any atom is -0.480 e.